The van der Waals surface area contributed by atoms with Crippen molar-refractivity contribution in [2.45, 2.75) is 25.7 Å². The van der Waals surface area contributed by atoms with Crippen LogP contribution in [0.15, 0.2) is 40.8 Å². The molecule has 1 saturated carbocycles. The van der Waals surface area contributed by atoms with Gasteiger partial charge in [-0.3, -0.25) is 24.1 Å². The quantitative estimate of drug-likeness (QED) is 0.440. The first-order valence-electron chi connectivity index (χ1n) is 11.3. The molecular formula is C25H24N2O7. The highest BCUT2D eigenvalue weighted by Crippen LogP contribution is 2.38. The lowest BCUT2D eigenvalue weighted by Crippen LogP contribution is -2.37. The molecule has 0 radical (unpaired) electrons. The van der Waals surface area contributed by atoms with Crippen molar-refractivity contribution in [2.24, 2.45) is 11.8 Å². The van der Waals surface area contributed by atoms with Crippen molar-refractivity contribution in [3.05, 3.63) is 36.4 Å². The Kier molecular flexibility index (Phi) is 5.69. The molecule has 1 aliphatic carbocycles. The van der Waals surface area contributed by atoms with E-state index in [9.17, 15) is 19.2 Å². The topological polar surface area (TPSA) is 115 Å². The maximum atomic E-state index is 12.5. The Morgan fingerprint density at radius 3 is 2.44 bits per heavy atom. The molecule has 1 N–H and O–H groups in total. The number of carbonyl (C=O) groups excluding carboxylic acids is 4. The van der Waals surface area contributed by atoms with Crippen molar-refractivity contribution < 1.29 is 33.1 Å². The van der Waals surface area contributed by atoms with E-state index in [0.29, 0.717) is 35.4 Å². The second-order valence-electron chi connectivity index (χ2n) is 8.62. The molecule has 2 fully saturated rings. The first kappa shape index (κ1) is 21.9. The third-order valence-corrected chi connectivity index (χ3v) is 6.56. The highest BCUT2D eigenvalue weighted by Gasteiger charge is 2.48. The number of ether oxygens (including phenoxy) is 2. The number of esters is 1. The third-order valence-electron chi connectivity index (χ3n) is 6.56. The molecule has 176 valence electrons. The summed E-state index contributed by atoms with van der Waals surface area (Å²) in [6.07, 6.45) is 3.14. The first-order valence-corrected chi connectivity index (χ1v) is 11.3. The standard InChI is InChI=1S/C25H24N2O7/c1-32-21-10-17-14-6-4-5-9-19(14)34-20(17)11-18(21)26-22(28)13-33-23(29)12-27-24(30)15-7-2-3-8-16(15)25(27)31/h4-6,9-11,15-16H,2-3,7-8,12-13H2,1H3,(H,26,28). The first-order chi connectivity index (χ1) is 16.5. The van der Waals surface area contributed by atoms with E-state index < -0.39 is 25.0 Å². The molecule has 3 aromatic rings. The lowest BCUT2D eigenvalue weighted by molar-refractivity contribution is -0.154. The lowest BCUT2D eigenvalue weighted by Gasteiger charge is -2.19. The number of fused-ring (bicyclic) bond motifs is 4. The monoisotopic (exact) mass is 464 g/mol. The molecule has 3 amide bonds. The molecule has 9 nitrogen and oxygen atoms in total. The summed E-state index contributed by atoms with van der Waals surface area (Å²) in [5.74, 6) is -2.28. The number of anilines is 1. The Labute approximate surface area is 195 Å². The molecular weight excluding hydrogens is 440 g/mol. The minimum absolute atomic E-state index is 0.319. The van der Waals surface area contributed by atoms with Crippen LogP contribution >= 0.6 is 0 Å². The minimum atomic E-state index is -0.810. The normalized spacial score (nSPS) is 20.0. The number of nitrogens with zero attached hydrogens (tertiary/aromatic N) is 1. The zero-order chi connectivity index (χ0) is 23.8. The number of para-hydroxylation sites is 1. The summed E-state index contributed by atoms with van der Waals surface area (Å²) in [7, 11) is 1.49. The Bertz CT molecular complexity index is 1290. The van der Waals surface area contributed by atoms with Gasteiger partial charge in [-0.1, -0.05) is 31.0 Å². The number of hydrogen-bond donors (Lipinski definition) is 1. The second-order valence-corrected chi connectivity index (χ2v) is 8.62. The molecule has 2 aromatic carbocycles. The molecule has 2 unspecified atom stereocenters. The van der Waals surface area contributed by atoms with Crippen LogP contribution in [0.3, 0.4) is 0 Å². The molecule has 0 spiro atoms. The van der Waals surface area contributed by atoms with Crippen molar-refractivity contribution in [1.82, 2.24) is 4.90 Å². The average Bonchev–Trinajstić information content (AvgIpc) is 3.32. The van der Waals surface area contributed by atoms with Crippen molar-refractivity contribution >= 4 is 51.3 Å². The van der Waals surface area contributed by atoms with Crippen LogP contribution in [0.4, 0.5) is 5.69 Å². The number of methoxy groups -OCH3 is 1. The van der Waals surface area contributed by atoms with E-state index in [2.05, 4.69) is 5.32 Å². The number of hydrogen-bond acceptors (Lipinski definition) is 7. The van der Waals surface area contributed by atoms with Gasteiger partial charge in [-0.15, -0.1) is 0 Å². The van der Waals surface area contributed by atoms with Crippen molar-refractivity contribution in [3.63, 3.8) is 0 Å². The number of amides is 3. The van der Waals surface area contributed by atoms with Crippen LogP contribution in [-0.4, -0.2) is 48.9 Å². The Morgan fingerprint density at radius 1 is 1.03 bits per heavy atom. The van der Waals surface area contributed by atoms with Gasteiger partial charge in [-0.05, 0) is 25.0 Å². The van der Waals surface area contributed by atoms with Gasteiger partial charge in [0.05, 0.1) is 24.6 Å². The molecule has 34 heavy (non-hydrogen) atoms. The van der Waals surface area contributed by atoms with Gasteiger partial charge in [-0.25, -0.2) is 0 Å². The summed E-state index contributed by atoms with van der Waals surface area (Å²) in [6.45, 7) is -1.05. The van der Waals surface area contributed by atoms with Gasteiger partial charge in [0.1, 0.15) is 23.5 Å². The maximum absolute atomic E-state index is 12.5. The molecule has 1 saturated heterocycles. The van der Waals surface area contributed by atoms with Gasteiger partial charge in [-0.2, -0.15) is 0 Å². The van der Waals surface area contributed by atoms with E-state index in [0.717, 1.165) is 28.5 Å². The van der Waals surface area contributed by atoms with Crippen LogP contribution in [0, 0.1) is 11.8 Å². The largest absolute Gasteiger partial charge is 0.495 e. The SMILES string of the molecule is COc1cc2c(cc1NC(=O)COC(=O)CN1C(=O)C3CCCCC3C1=O)oc1ccccc12. The van der Waals surface area contributed by atoms with Crippen molar-refractivity contribution in [2.75, 3.05) is 25.6 Å². The summed E-state index contributed by atoms with van der Waals surface area (Å²) in [4.78, 5) is 50.7. The number of benzene rings is 2. The fraction of sp³-hybridized carbons (Fsp3) is 0.360. The van der Waals surface area contributed by atoms with Gasteiger partial charge < -0.3 is 19.2 Å². The van der Waals surface area contributed by atoms with Gasteiger partial charge in [0.2, 0.25) is 11.8 Å². The summed E-state index contributed by atoms with van der Waals surface area (Å²) in [6, 6.07) is 11.0. The average molecular weight is 464 g/mol. The maximum Gasteiger partial charge on any atom is 0.326 e. The molecule has 2 aliphatic rings. The van der Waals surface area contributed by atoms with Gasteiger partial charge in [0, 0.05) is 16.8 Å². The zero-order valence-electron chi connectivity index (χ0n) is 18.7. The Morgan fingerprint density at radius 2 is 1.74 bits per heavy atom. The number of furan rings is 1. The van der Waals surface area contributed by atoms with E-state index in [1.807, 2.05) is 24.3 Å². The van der Waals surface area contributed by atoms with E-state index >= 15 is 0 Å². The van der Waals surface area contributed by atoms with E-state index in [1.54, 1.807) is 12.1 Å². The lowest BCUT2D eigenvalue weighted by atomic mass is 9.81. The summed E-state index contributed by atoms with van der Waals surface area (Å²) < 4.78 is 16.3. The molecule has 9 heteroatoms. The molecule has 1 aliphatic heterocycles. The predicted octanol–water partition coefficient (Wildman–Crippen LogP) is 3.25. The van der Waals surface area contributed by atoms with Crippen molar-refractivity contribution in [3.8, 4) is 5.75 Å². The second kappa shape index (κ2) is 8.81. The third kappa shape index (κ3) is 3.87. The van der Waals surface area contributed by atoms with Crippen LogP contribution in [0.25, 0.3) is 21.9 Å². The number of nitrogens with one attached hydrogen (secondary N) is 1. The number of imide groups is 1. The Hall–Kier alpha value is -3.88. The molecule has 0 bridgehead atoms. The fourth-order valence-corrected chi connectivity index (χ4v) is 4.91. The summed E-state index contributed by atoms with van der Waals surface area (Å²) in [5.41, 5.74) is 1.65. The fourth-order valence-electron chi connectivity index (χ4n) is 4.91. The van der Waals surface area contributed by atoms with E-state index in [4.69, 9.17) is 13.9 Å². The predicted molar refractivity (Wildman–Crippen MR) is 122 cm³/mol. The van der Waals surface area contributed by atoms with Crippen molar-refractivity contribution in [1.29, 1.82) is 0 Å². The highest BCUT2D eigenvalue weighted by atomic mass is 16.5. The molecule has 5 rings (SSSR count). The van der Waals surface area contributed by atoms with Crippen LogP contribution in [-0.2, 0) is 23.9 Å². The van der Waals surface area contributed by atoms with Crippen LogP contribution < -0.4 is 10.1 Å². The Balaban J connectivity index is 1.22. The summed E-state index contributed by atoms with van der Waals surface area (Å²) >= 11 is 0. The number of rotatable bonds is 6. The van der Waals surface area contributed by atoms with E-state index in [-0.39, 0.29) is 23.7 Å². The summed E-state index contributed by atoms with van der Waals surface area (Å²) in [5, 5.41) is 4.43. The van der Waals surface area contributed by atoms with Gasteiger partial charge >= 0.3 is 5.97 Å². The van der Waals surface area contributed by atoms with Gasteiger partial charge in [0.15, 0.2) is 6.61 Å². The molecule has 1 aromatic heterocycles. The molecule has 2 atom stereocenters. The van der Waals surface area contributed by atoms with Crippen LogP contribution in [0.1, 0.15) is 25.7 Å². The molecule has 2 heterocycles. The number of carbonyl (C=O) groups is 4. The van der Waals surface area contributed by atoms with Gasteiger partial charge in [0.25, 0.3) is 5.91 Å². The highest BCUT2D eigenvalue weighted by molar-refractivity contribution is 6.08. The van der Waals surface area contributed by atoms with E-state index in [1.165, 1.54) is 7.11 Å². The van der Waals surface area contributed by atoms with Crippen LogP contribution in [0.2, 0.25) is 0 Å². The zero-order valence-corrected chi connectivity index (χ0v) is 18.7. The van der Waals surface area contributed by atoms with Crippen LogP contribution in [0.5, 0.6) is 5.75 Å². The minimum Gasteiger partial charge on any atom is -0.495 e. The number of likely N-dealkylation sites (tertiary alicyclic amines) is 1. The smallest absolute Gasteiger partial charge is 0.326 e.